The van der Waals surface area contributed by atoms with Crippen LogP contribution >= 0.6 is 0 Å². The zero-order valence-electron chi connectivity index (χ0n) is 18.3. The molecule has 2 aromatic heterocycles. The molecular weight excluding hydrogens is 419 g/mol. The van der Waals surface area contributed by atoms with Crippen LogP contribution in [0.5, 0.6) is 5.88 Å². The van der Waals surface area contributed by atoms with Gasteiger partial charge >= 0.3 is 0 Å². The van der Waals surface area contributed by atoms with E-state index < -0.39 is 23.8 Å². The third kappa shape index (κ3) is 4.34. The number of rotatable bonds is 6. The number of ether oxygens (including phenoxy) is 1. The molecule has 1 unspecified atom stereocenters. The molecule has 1 aliphatic rings. The molecule has 0 spiro atoms. The number of nitrogens with zero attached hydrogens (tertiary/aromatic N) is 3. The maximum atomic E-state index is 14.7. The van der Waals surface area contributed by atoms with E-state index in [1.807, 2.05) is 6.07 Å². The minimum Gasteiger partial charge on any atom is -0.481 e. The first-order valence-corrected chi connectivity index (χ1v) is 10.7. The molecule has 170 valence electrons. The van der Waals surface area contributed by atoms with Crippen molar-refractivity contribution in [2.45, 2.75) is 45.1 Å². The number of benzene rings is 1. The van der Waals surface area contributed by atoms with E-state index in [2.05, 4.69) is 25.6 Å². The fourth-order valence-electron chi connectivity index (χ4n) is 4.22. The Hall–Kier alpha value is -2.94. The number of aryl methyl sites for hydroxylation is 1. The molecule has 3 heterocycles. The lowest BCUT2D eigenvalue weighted by atomic mass is 9.90. The van der Waals surface area contributed by atoms with E-state index in [9.17, 15) is 13.2 Å². The summed E-state index contributed by atoms with van der Waals surface area (Å²) in [5.41, 5.74) is 0.978. The van der Waals surface area contributed by atoms with Crippen LogP contribution in [0, 0.1) is 12.7 Å². The lowest BCUT2D eigenvalue weighted by Crippen LogP contribution is -2.27. The molecule has 0 saturated carbocycles. The average Bonchev–Trinajstić information content (AvgIpc) is 2.78. The smallest absolute Gasteiger partial charge is 0.266 e. The Morgan fingerprint density at radius 3 is 2.53 bits per heavy atom. The molecule has 6 nitrogen and oxygen atoms in total. The number of nitrogens with one attached hydrogen (secondary N) is 2. The summed E-state index contributed by atoms with van der Waals surface area (Å²) < 4.78 is 46.5. The Kier molecular flexibility index (Phi) is 6.45. The summed E-state index contributed by atoms with van der Waals surface area (Å²) in [5, 5.41) is 7.22. The van der Waals surface area contributed by atoms with Crippen molar-refractivity contribution < 1.29 is 17.9 Å². The van der Waals surface area contributed by atoms with Gasteiger partial charge in [-0.2, -0.15) is 4.98 Å². The lowest BCUT2D eigenvalue weighted by Gasteiger charge is -2.25. The van der Waals surface area contributed by atoms with E-state index in [-0.39, 0.29) is 11.5 Å². The topological polar surface area (TPSA) is 72.0 Å². The third-order valence-electron chi connectivity index (χ3n) is 5.88. The van der Waals surface area contributed by atoms with Crippen molar-refractivity contribution in [2.24, 2.45) is 0 Å². The van der Waals surface area contributed by atoms with Crippen molar-refractivity contribution in [3.8, 4) is 5.88 Å². The summed E-state index contributed by atoms with van der Waals surface area (Å²) in [4.78, 5) is 13.6. The molecule has 1 fully saturated rings. The van der Waals surface area contributed by atoms with Crippen LogP contribution in [0.1, 0.15) is 60.7 Å². The lowest BCUT2D eigenvalue weighted by molar-refractivity contribution is 0.146. The highest BCUT2D eigenvalue weighted by atomic mass is 19.3. The Bertz CT molecular complexity index is 1120. The van der Waals surface area contributed by atoms with Crippen molar-refractivity contribution >= 4 is 16.9 Å². The average molecular weight is 445 g/mol. The van der Waals surface area contributed by atoms with Gasteiger partial charge in [-0.05, 0) is 51.8 Å². The van der Waals surface area contributed by atoms with Crippen LogP contribution in [0.25, 0.3) is 11.0 Å². The fraction of sp³-hybridized carbons (Fsp3) is 0.435. The number of anilines is 1. The van der Waals surface area contributed by atoms with Crippen molar-refractivity contribution in [3.05, 3.63) is 52.6 Å². The van der Waals surface area contributed by atoms with Gasteiger partial charge in [-0.25, -0.2) is 23.1 Å². The highest BCUT2D eigenvalue weighted by molar-refractivity contribution is 5.88. The molecule has 1 saturated heterocycles. The highest BCUT2D eigenvalue weighted by Crippen LogP contribution is 2.36. The highest BCUT2D eigenvalue weighted by Gasteiger charge is 2.24. The number of methoxy groups -OCH3 is 1. The summed E-state index contributed by atoms with van der Waals surface area (Å²) in [6.45, 7) is 5.28. The van der Waals surface area contributed by atoms with Gasteiger partial charge in [0.05, 0.1) is 24.1 Å². The maximum absolute atomic E-state index is 14.7. The zero-order chi connectivity index (χ0) is 22.8. The minimum absolute atomic E-state index is 0.146. The number of fused-ring (bicyclic) bond motifs is 1. The van der Waals surface area contributed by atoms with E-state index in [1.165, 1.54) is 12.1 Å². The summed E-state index contributed by atoms with van der Waals surface area (Å²) in [7, 11) is 1.59. The summed E-state index contributed by atoms with van der Waals surface area (Å²) in [6.07, 6.45) is -0.962. The van der Waals surface area contributed by atoms with E-state index in [1.54, 1.807) is 21.0 Å². The number of pyridine rings is 1. The van der Waals surface area contributed by atoms with Crippen molar-refractivity contribution in [1.82, 2.24) is 20.3 Å². The number of halogens is 3. The summed E-state index contributed by atoms with van der Waals surface area (Å²) >= 11 is 0. The molecule has 1 aliphatic heterocycles. The number of hydrogen-bond donors (Lipinski definition) is 2. The van der Waals surface area contributed by atoms with Gasteiger partial charge in [0.2, 0.25) is 5.88 Å². The molecule has 0 bridgehead atoms. The quantitative estimate of drug-likeness (QED) is 0.553. The van der Waals surface area contributed by atoms with Crippen LogP contribution in [0.3, 0.4) is 0 Å². The molecule has 0 aliphatic carbocycles. The van der Waals surface area contributed by atoms with Gasteiger partial charge in [-0.15, -0.1) is 0 Å². The first kappa shape index (κ1) is 22.3. The molecule has 9 heteroatoms. The Morgan fingerprint density at radius 1 is 1.12 bits per heavy atom. The van der Waals surface area contributed by atoms with Gasteiger partial charge in [-0.1, -0.05) is 18.2 Å². The molecule has 1 aromatic carbocycles. The van der Waals surface area contributed by atoms with E-state index in [0.29, 0.717) is 28.6 Å². The first-order valence-electron chi connectivity index (χ1n) is 10.7. The van der Waals surface area contributed by atoms with Crippen LogP contribution in [0.2, 0.25) is 0 Å². The van der Waals surface area contributed by atoms with Gasteiger partial charge in [0.15, 0.2) is 5.65 Å². The Balaban J connectivity index is 1.76. The normalized spacial score (nSPS) is 15.8. The minimum atomic E-state index is -2.88. The second-order valence-corrected chi connectivity index (χ2v) is 8.02. The standard InChI is InChI=1S/C23H26F3N5O/c1-12(15-5-4-6-16(19(15)24)20(25)26)28-21-18-11-17(14-7-9-27-10-8-14)23(32-3)31-22(18)30-13(2)29-21/h4-6,11-12,14,20,27H,7-10H2,1-3H3,(H,28,29,30,31). The van der Waals surface area contributed by atoms with Gasteiger partial charge in [-0.3, -0.25) is 0 Å². The van der Waals surface area contributed by atoms with E-state index >= 15 is 0 Å². The molecule has 4 rings (SSSR count). The van der Waals surface area contributed by atoms with E-state index in [0.717, 1.165) is 37.6 Å². The predicted molar refractivity (Wildman–Crippen MR) is 117 cm³/mol. The number of alkyl halides is 2. The summed E-state index contributed by atoms with van der Waals surface area (Å²) in [5.74, 6) is 0.880. The largest absolute Gasteiger partial charge is 0.481 e. The van der Waals surface area contributed by atoms with Gasteiger partial charge in [0.1, 0.15) is 17.5 Å². The number of aromatic nitrogens is 3. The van der Waals surface area contributed by atoms with Gasteiger partial charge in [0.25, 0.3) is 6.43 Å². The van der Waals surface area contributed by atoms with Crippen LogP contribution in [-0.2, 0) is 0 Å². The van der Waals surface area contributed by atoms with Crippen molar-refractivity contribution in [2.75, 3.05) is 25.5 Å². The monoisotopic (exact) mass is 445 g/mol. The third-order valence-corrected chi connectivity index (χ3v) is 5.88. The summed E-state index contributed by atoms with van der Waals surface area (Å²) in [6, 6.07) is 5.41. The second-order valence-electron chi connectivity index (χ2n) is 8.02. The van der Waals surface area contributed by atoms with Gasteiger partial charge in [0, 0.05) is 11.1 Å². The molecule has 0 radical (unpaired) electrons. The molecule has 3 aromatic rings. The first-order chi connectivity index (χ1) is 15.4. The molecular formula is C23H26F3N5O. The molecule has 2 N–H and O–H groups in total. The van der Waals surface area contributed by atoms with E-state index in [4.69, 9.17) is 4.74 Å². The maximum Gasteiger partial charge on any atom is 0.266 e. The predicted octanol–water partition coefficient (Wildman–Crippen LogP) is 5.06. The van der Waals surface area contributed by atoms with Gasteiger partial charge < -0.3 is 15.4 Å². The fourth-order valence-corrected chi connectivity index (χ4v) is 4.22. The van der Waals surface area contributed by atoms with Crippen LogP contribution < -0.4 is 15.4 Å². The Morgan fingerprint density at radius 2 is 1.84 bits per heavy atom. The molecule has 0 amide bonds. The SMILES string of the molecule is COc1nc2nc(C)nc(NC(C)c3cccc(C(F)F)c3F)c2cc1C1CCNCC1. The molecule has 32 heavy (non-hydrogen) atoms. The van der Waals surface area contributed by atoms with Crippen molar-refractivity contribution in [3.63, 3.8) is 0 Å². The van der Waals surface area contributed by atoms with Crippen molar-refractivity contribution in [1.29, 1.82) is 0 Å². The number of piperidine rings is 1. The van der Waals surface area contributed by atoms with Crippen LogP contribution in [-0.4, -0.2) is 35.2 Å². The Labute approximate surface area is 184 Å². The second kappa shape index (κ2) is 9.28. The van der Waals surface area contributed by atoms with Crippen LogP contribution in [0.4, 0.5) is 19.0 Å². The molecule has 1 atom stereocenters. The van der Waals surface area contributed by atoms with Crippen LogP contribution in [0.15, 0.2) is 24.3 Å². The number of hydrogen-bond acceptors (Lipinski definition) is 6. The zero-order valence-corrected chi connectivity index (χ0v) is 18.3.